The fourth-order valence-corrected chi connectivity index (χ4v) is 2.85. The Balaban J connectivity index is 1.70. The average molecular weight is 413 g/mol. The van der Waals surface area contributed by atoms with Gasteiger partial charge in [-0.2, -0.15) is 0 Å². The summed E-state index contributed by atoms with van der Waals surface area (Å²) in [6.07, 6.45) is -0.648. The van der Waals surface area contributed by atoms with E-state index in [4.69, 9.17) is 18.6 Å². The van der Waals surface area contributed by atoms with Gasteiger partial charge in [0.05, 0.1) is 18.9 Å². The maximum absolute atomic E-state index is 12.3. The van der Waals surface area contributed by atoms with Crippen molar-refractivity contribution in [2.75, 3.05) is 13.7 Å². The normalized spacial score (nSPS) is 11.3. The molecule has 0 unspecified atom stereocenters. The second-order valence-corrected chi connectivity index (χ2v) is 7.61. The van der Waals surface area contributed by atoms with E-state index >= 15 is 0 Å². The number of methoxy groups -OCH3 is 1. The molecule has 30 heavy (non-hydrogen) atoms. The summed E-state index contributed by atoms with van der Waals surface area (Å²) in [5.74, 6) is 0.249. The maximum Gasteiger partial charge on any atom is 0.407 e. The Morgan fingerprint density at radius 3 is 2.40 bits per heavy atom. The summed E-state index contributed by atoms with van der Waals surface area (Å²) in [4.78, 5) is 35.9. The van der Waals surface area contributed by atoms with Gasteiger partial charge in [-0.25, -0.2) is 9.59 Å². The van der Waals surface area contributed by atoms with Gasteiger partial charge in [0.15, 0.2) is 0 Å². The quantitative estimate of drug-likeness (QED) is 0.294. The number of amides is 1. The summed E-state index contributed by atoms with van der Waals surface area (Å²) in [7, 11) is 1.52. The highest BCUT2D eigenvalue weighted by molar-refractivity contribution is 6.05. The van der Waals surface area contributed by atoms with Crippen molar-refractivity contribution in [3.05, 3.63) is 46.8 Å². The van der Waals surface area contributed by atoms with Gasteiger partial charge in [0.2, 0.25) is 0 Å². The second-order valence-electron chi connectivity index (χ2n) is 7.61. The molecule has 0 bridgehead atoms. The van der Waals surface area contributed by atoms with Crippen LogP contribution in [-0.2, 0) is 9.53 Å². The first-order chi connectivity index (χ1) is 14.2. The third-order valence-electron chi connectivity index (χ3n) is 4.12. The molecule has 0 aliphatic rings. The summed E-state index contributed by atoms with van der Waals surface area (Å²) in [6, 6.07) is 9.97. The molecule has 2 aromatic carbocycles. The van der Waals surface area contributed by atoms with Crippen LogP contribution >= 0.6 is 0 Å². The molecule has 8 heteroatoms. The molecule has 0 saturated carbocycles. The molecule has 158 valence electrons. The fourth-order valence-electron chi connectivity index (χ4n) is 2.85. The molecule has 0 fully saturated rings. The van der Waals surface area contributed by atoms with Crippen molar-refractivity contribution in [1.82, 2.24) is 5.32 Å². The highest BCUT2D eigenvalue weighted by Gasteiger charge is 2.16. The minimum Gasteiger partial charge on any atom is -0.497 e. The lowest BCUT2D eigenvalue weighted by Gasteiger charge is -2.19. The van der Waals surface area contributed by atoms with Crippen molar-refractivity contribution in [2.24, 2.45) is 0 Å². The van der Waals surface area contributed by atoms with E-state index in [1.165, 1.54) is 13.2 Å². The predicted molar refractivity (Wildman–Crippen MR) is 111 cm³/mol. The number of hydrogen-bond donors (Lipinski definition) is 1. The number of ether oxygens (including phenoxy) is 3. The van der Waals surface area contributed by atoms with E-state index < -0.39 is 23.3 Å². The number of carbonyl (C=O) groups is 2. The van der Waals surface area contributed by atoms with Crippen molar-refractivity contribution < 1.29 is 28.2 Å². The maximum atomic E-state index is 12.3. The Morgan fingerprint density at radius 1 is 1.00 bits per heavy atom. The van der Waals surface area contributed by atoms with Crippen LogP contribution in [0.2, 0.25) is 0 Å². The lowest BCUT2D eigenvalue weighted by Crippen LogP contribution is -2.34. The molecular formula is C22H23NO7. The largest absolute Gasteiger partial charge is 0.497 e. The van der Waals surface area contributed by atoms with E-state index in [2.05, 4.69) is 5.32 Å². The van der Waals surface area contributed by atoms with Crippen LogP contribution in [0.4, 0.5) is 4.79 Å². The lowest BCUT2D eigenvalue weighted by molar-refractivity contribution is -0.134. The van der Waals surface area contributed by atoms with E-state index in [1.807, 2.05) is 0 Å². The summed E-state index contributed by atoms with van der Waals surface area (Å²) < 4.78 is 20.9. The van der Waals surface area contributed by atoms with Crippen molar-refractivity contribution in [2.45, 2.75) is 32.8 Å². The van der Waals surface area contributed by atoms with E-state index in [9.17, 15) is 14.4 Å². The van der Waals surface area contributed by atoms with Gasteiger partial charge in [0.25, 0.3) is 0 Å². The topological polar surface area (TPSA) is 104 Å². The summed E-state index contributed by atoms with van der Waals surface area (Å²) in [5.41, 5.74) is -0.828. The fraction of sp³-hybridized carbons (Fsp3) is 0.318. The molecule has 1 amide bonds. The monoisotopic (exact) mass is 413 g/mol. The van der Waals surface area contributed by atoms with E-state index in [0.717, 1.165) is 0 Å². The van der Waals surface area contributed by atoms with Crippen molar-refractivity contribution in [3.63, 3.8) is 0 Å². The molecule has 0 atom stereocenters. The van der Waals surface area contributed by atoms with Gasteiger partial charge in [-0.1, -0.05) is 0 Å². The van der Waals surface area contributed by atoms with Crippen LogP contribution in [0, 0.1) is 0 Å². The molecule has 8 nitrogen and oxygen atoms in total. The predicted octanol–water partition coefficient (Wildman–Crippen LogP) is 3.78. The molecule has 3 rings (SSSR count). The minimum absolute atomic E-state index is 0.0429. The first-order valence-electron chi connectivity index (χ1n) is 9.38. The van der Waals surface area contributed by atoms with Crippen LogP contribution in [-0.4, -0.2) is 31.3 Å². The van der Waals surface area contributed by atoms with Gasteiger partial charge in [0.1, 0.15) is 22.7 Å². The van der Waals surface area contributed by atoms with Crippen LogP contribution in [0.15, 0.2) is 45.6 Å². The molecule has 1 N–H and O–H groups in total. The highest BCUT2D eigenvalue weighted by Crippen LogP contribution is 2.28. The van der Waals surface area contributed by atoms with Gasteiger partial charge in [0, 0.05) is 23.4 Å². The van der Waals surface area contributed by atoms with Gasteiger partial charge in [-0.05, 0) is 51.1 Å². The highest BCUT2D eigenvalue weighted by atomic mass is 16.6. The van der Waals surface area contributed by atoms with Crippen LogP contribution < -0.4 is 20.4 Å². The van der Waals surface area contributed by atoms with E-state index in [1.54, 1.807) is 51.1 Å². The SMILES string of the molecule is COc1ccc2c(c1)c(=O)oc1cc(OC(=O)CCNC(=O)OC(C)(C)C)ccc12. The molecule has 0 spiro atoms. The molecule has 1 heterocycles. The van der Waals surface area contributed by atoms with Gasteiger partial charge in [-0.3, -0.25) is 4.79 Å². The Bertz CT molecular complexity index is 1160. The summed E-state index contributed by atoms with van der Waals surface area (Å²) in [6.45, 7) is 5.32. The van der Waals surface area contributed by atoms with Gasteiger partial charge < -0.3 is 23.9 Å². The second kappa shape index (κ2) is 8.44. The van der Waals surface area contributed by atoms with Gasteiger partial charge >= 0.3 is 17.7 Å². The molecule has 0 radical (unpaired) electrons. The Kier molecular flexibility index (Phi) is 5.96. The Hall–Kier alpha value is -3.55. The van der Waals surface area contributed by atoms with E-state index in [-0.39, 0.29) is 18.7 Å². The zero-order valence-electron chi connectivity index (χ0n) is 17.2. The van der Waals surface area contributed by atoms with Crippen LogP contribution in [0.25, 0.3) is 21.7 Å². The number of fused-ring (bicyclic) bond motifs is 3. The Labute approximate surface area is 172 Å². The molecule has 1 aromatic heterocycles. The molecule has 0 aliphatic carbocycles. The number of rotatable bonds is 5. The standard InChI is InChI=1S/C22H23NO7/c1-22(2,3)30-21(26)23-10-9-19(24)28-14-6-8-16-15-7-5-13(27-4)11-17(15)20(25)29-18(16)12-14/h5-8,11-12H,9-10H2,1-4H3,(H,23,26). The van der Waals surface area contributed by atoms with Crippen LogP contribution in [0.1, 0.15) is 27.2 Å². The third-order valence-corrected chi connectivity index (χ3v) is 4.12. The lowest BCUT2D eigenvalue weighted by atomic mass is 10.1. The van der Waals surface area contributed by atoms with E-state index in [0.29, 0.717) is 27.5 Å². The minimum atomic E-state index is -0.616. The number of nitrogens with one attached hydrogen (secondary N) is 1. The number of alkyl carbamates (subject to hydrolysis) is 1. The van der Waals surface area contributed by atoms with Gasteiger partial charge in [-0.15, -0.1) is 0 Å². The van der Waals surface area contributed by atoms with Crippen molar-refractivity contribution in [1.29, 1.82) is 0 Å². The number of benzene rings is 2. The van der Waals surface area contributed by atoms with Crippen molar-refractivity contribution >= 4 is 33.8 Å². The zero-order chi connectivity index (χ0) is 21.9. The molecule has 0 aliphatic heterocycles. The smallest absolute Gasteiger partial charge is 0.407 e. The number of carbonyl (C=O) groups excluding carboxylic acids is 2. The Morgan fingerprint density at radius 2 is 1.70 bits per heavy atom. The zero-order valence-corrected chi connectivity index (χ0v) is 17.2. The van der Waals surface area contributed by atoms with Crippen molar-refractivity contribution in [3.8, 4) is 11.5 Å². The van der Waals surface area contributed by atoms with Crippen LogP contribution in [0.3, 0.4) is 0 Å². The number of hydrogen-bond acceptors (Lipinski definition) is 7. The molecule has 3 aromatic rings. The summed E-state index contributed by atoms with van der Waals surface area (Å²) in [5, 5.41) is 4.31. The first kappa shape index (κ1) is 21.2. The third kappa shape index (κ3) is 5.08. The number of esters is 1. The molecule has 0 saturated heterocycles. The average Bonchev–Trinajstić information content (AvgIpc) is 2.66. The first-order valence-corrected chi connectivity index (χ1v) is 9.38. The summed E-state index contributed by atoms with van der Waals surface area (Å²) >= 11 is 0. The van der Waals surface area contributed by atoms with Crippen LogP contribution in [0.5, 0.6) is 11.5 Å². The molecular weight excluding hydrogens is 390 g/mol.